The summed E-state index contributed by atoms with van der Waals surface area (Å²) in [6.45, 7) is 6.78. The molecule has 0 unspecified atom stereocenters. The molecule has 1 aliphatic carbocycles. The van der Waals surface area contributed by atoms with Crippen LogP contribution in [0.15, 0.2) is 18.2 Å². The van der Waals surface area contributed by atoms with E-state index in [4.69, 9.17) is 4.74 Å². The van der Waals surface area contributed by atoms with Gasteiger partial charge in [0.2, 0.25) is 0 Å². The Labute approximate surface area is 131 Å². The van der Waals surface area contributed by atoms with Gasteiger partial charge in [-0.3, -0.25) is 0 Å². The van der Waals surface area contributed by atoms with Gasteiger partial charge in [0.15, 0.2) is 0 Å². The average molecular weight is 309 g/mol. The van der Waals surface area contributed by atoms with Crippen molar-refractivity contribution in [2.45, 2.75) is 57.5 Å². The van der Waals surface area contributed by atoms with E-state index in [2.05, 4.69) is 5.32 Å². The first kappa shape index (κ1) is 17.2. The largest absolute Gasteiger partial charge is 0.491 e. The summed E-state index contributed by atoms with van der Waals surface area (Å²) >= 11 is 0. The predicted octanol–water partition coefficient (Wildman–Crippen LogP) is 0.635. The summed E-state index contributed by atoms with van der Waals surface area (Å²) in [5.74, 6) is 0.679. The van der Waals surface area contributed by atoms with Crippen molar-refractivity contribution in [2.75, 3.05) is 13.2 Å². The molecule has 5 nitrogen and oxygen atoms in total. The zero-order valence-electron chi connectivity index (χ0n) is 13.5. The highest BCUT2D eigenvalue weighted by atomic mass is 16.5. The lowest BCUT2D eigenvalue weighted by Crippen LogP contribution is -2.42. The van der Waals surface area contributed by atoms with E-state index in [-0.39, 0.29) is 12.1 Å². The number of β-amino-alcohol motifs (C(OH)–C–C–N with tert-alkyl or cyclic N) is 1. The normalized spacial score (nSPS) is 23.0. The second-order valence-electron chi connectivity index (χ2n) is 7.03. The smallest absolute Gasteiger partial charge is 0.123 e. The van der Waals surface area contributed by atoms with Crippen molar-refractivity contribution in [3.63, 3.8) is 0 Å². The van der Waals surface area contributed by atoms with Crippen molar-refractivity contribution in [3.05, 3.63) is 29.3 Å². The van der Waals surface area contributed by atoms with Crippen LogP contribution >= 0.6 is 0 Å². The Kier molecular flexibility index (Phi) is 5.45. The SMILES string of the molecule is CC(C)(C)NC[C@@H](O)COc1cccc2c1C[C@@H](O)[C@@H](O)C2. The van der Waals surface area contributed by atoms with Gasteiger partial charge in [-0.05, 0) is 32.4 Å². The van der Waals surface area contributed by atoms with Crippen LogP contribution in [0.1, 0.15) is 31.9 Å². The van der Waals surface area contributed by atoms with E-state index in [0.717, 1.165) is 11.1 Å². The molecule has 1 aliphatic rings. The van der Waals surface area contributed by atoms with Gasteiger partial charge in [-0.1, -0.05) is 12.1 Å². The molecule has 124 valence electrons. The molecule has 0 spiro atoms. The van der Waals surface area contributed by atoms with Gasteiger partial charge in [-0.15, -0.1) is 0 Å². The average Bonchev–Trinajstić information content (AvgIpc) is 2.43. The molecule has 0 aliphatic heterocycles. The molecule has 0 saturated carbocycles. The molecule has 2 rings (SSSR count). The van der Waals surface area contributed by atoms with E-state index in [0.29, 0.717) is 25.1 Å². The third-order valence-electron chi connectivity index (χ3n) is 3.82. The molecule has 3 atom stereocenters. The second kappa shape index (κ2) is 6.96. The molecule has 5 heteroatoms. The first-order valence-electron chi connectivity index (χ1n) is 7.79. The fourth-order valence-corrected chi connectivity index (χ4v) is 2.54. The summed E-state index contributed by atoms with van der Waals surface area (Å²) in [6.07, 6.45) is -1.27. The van der Waals surface area contributed by atoms with Crippen LogP contribution in [0.4, 0.5) is 0 Å². The zero-order chi connectivity index (χ0) is 16.3. The molecule has 0 radical (unpaired) electrons. The first-order chi connectivity index (χ1) is 10.3. The van der Waals surface area contributed by atoms with E-state index in [1.807, 2.05) is 39.0 Å². The third-order valence-corrected chi connectivity index (χ3v) is 3.82. The quantitative estimate of drug-likeness (QED) is 0.641. The highest BCUT2D eigenvalue weighted by Gasteiger charge is 2.27. The van der Waals surface area contributed by atoms with Crippen LogP contribution in [0.5, 0.6) is 5.75 Å². The maximum Gasteiger partial charge on any atom is 0.123 e. The summed E-state index contributed by atoms with van der Waals surface area (Å²) in [5, 5.41) is 32.8. The van der Waals surface area contributed by atoms with E-state index >= 15 is 0 Å². The number of benzene rings is 1. The van der Waals surface area contributed by atoms with E-state index in [1.54, 1.807) is 0 Å². The first-order valence-corrected chi connectivity index (χ1v) is 7.79. The Balaban J connectivity index is 1.95. The summed E-state index contributed by atoms with van der Waals surface area (Å²) in [4.78, 5) is 0. The maximum absolute atomic E-state index is 10.00. The van der Waals surface area contributed by atoms with Crippen molar-refractivity contribution in [3.8, 4) is 5.75 Å². The summed E-state index contributed by atoms with van der Waals surface area (Å²) in [5.41, 5.74) is 1.88. The topological polar surface area (TPSA) is 82.0 Å². The van der Waals surface area contributed by atoms with Crippen molar-refractivity contribution in [1.29, 1.82) is 0 Å². The van der Waals surface area contributed by atoms with Gasteiger partial charge in [0, 0.05) is 30.5 Å². The molecule has 0 aromatic heterocycles. The molecule has 0 saturated heterocycles. The van der Waals surface area contributed by atoms with Crippen LogP contribution < -0.4 is 10.1 Å². The number of ether oxygens (including phenoxy) is 1. The van der Waals surface area contributed by atoms with Crippen LogP contribution in [0.2, 0.25) is 0 Å². The fraction of sp³-hybridized carbons (Fsp3) is 0.647. The number of fused-ring (bicyclic) bond motifs is 1. The van der Waals surface area contributed by atoms with Crippen molar-refractivity contribution in [2.24, 2.45) is 0 Å². The van der Waals surface area contributed by atoms with Gasteiger partial charge in [0.25, 0.3) is 0 Å². The standard InChI is InChI=1S/C17H27NO4/c1-17(2,3)18-9-12(19)10-22-16-6-4-5-11-7-14(20)15(21)8-13(11)16/h4-6,12,14-15,18-21H,7-10H2,1-3H3/t12-,14+,15-/m1/s1. The minimum absolute atomic E-state index is 0.0485. The molecule has 4 N–H and O–H groups in total. The van der Waals surface area contributed by atoms with Gasteiger partial charge in [-0.25, -0.2) is 0 Å². The third kappa shape index (κ3) is 4.68. The number of aliphatic hydroxyl groups excluding tert-OH is 3. The van der Waals surface area contributed by atoms with Crippen molar-refractivity contribution < 1.29 is 20.1 Å². The van der Waals surface area contributed by atoms with Gasteiger partial charge in [0.05, 0.1) is 12.2 Å². The Morgan fingerprint density at radius 1 is 1.23 bits per heavy atom. The van der Waals surface area contributed by atoms with Crippen LogP contribution in [0, 0.1) is 0 Å². The molecule has 22 heavy (non-hydrogen) atoms. The van der Waals surface area contributed by atoms with Gasteiger partial charge >= 0.3 is 0 Å². The van der Waals surface area contributed by atoms with Crippen molar-refractivity contribution >= 4 is 0 Å². The van der Waals surface area contributed by atoms with E-state index < -0.39 is 18.3 Å². The minimum Gasteiger partial charge on any atom is -0.491 e. The Bertz CT molecular complexity index is 498. The second-order valence-corrected chi connectivity index (χ2v) is 7.03. The zero-order valence-corrected chi connectivity index (χ0v) is 13.5. The summed E-state index contributed by atoms with van der Waals surface area (Å²) < 4.78 is 5.73. The number of hydrogen-bond acceptors (Lipinski definition) is 5. The van der Waals surface area contributed by atoms with Crippen LogP contribution in [-0.4, -0.2) is 52.3 Å². The van der Waals surface area contributed by atoms with E-state index in [1.165, 1.54) is 0 Å². The molecule has 0 bridgehead atoms. The number of rotatable bonds is 5. The van der Waals surface area contributed by atoms with Crippen LogP contribution in [-0.2, 0) is 12.8 Å². The number of hydrogen-bond donors (Lipinski definition) is 4. The van der Waals surface area contributed by atoms with Gasteiger partial charge < -0.3 is 25.4 Å². The maximum atomic E-state index is 10.00. The monoisotopic (exact) mass is 309 g/mol. The summed E-state index contributed by atoms with van der Waals surface area (Å²) in [7, 11) is 0. The molecular weight excluding hydrogens is 282 g/mol. The molecule has 0 fully saturated rings. The fourth-order valence-electron chi connectivity index (χ4n) is 2.54. The Morgan fingerprint density at radius 2 is 1.91 bits per heavy atom. The van der Waals surface area contributed by atoms with Crippen LogP contribution in [0.25, 0.3) is 0 Å². The lowest BCUT2D eigenvalue weighted by atomic mass is 9.87. The molecule has 0 heterocycles. The lowest BCUT2D eigenvalue weighted by molar-refractivity contribution is 0.0132. The Morgan fingerprint density at radius 3 is 2.59 bits per heavy atom. The van der Waals surface area contributed by atoms with Crippen LogP contribution in [0.3, 0.4) is 0 Å². The highest BCUT2D eigenvalue weighted by Crippen LogP contribution is 2.30. The lowest BCUT2D eigenvalue weighted by Gasteiger charge is -2.28. The Hall–Kier alpha value is -1.14. The molecule has 1 aromatic rings. The summed E-state index contributed by atoms with van der Waals surface area (Å²) in [6, 6.07) is 5.65. The van der Waals surface area contributed by atoms with Gasteiger partial charge in [0.1, 0.15) is 18.5 Å². The van der Waals surface area contributed by atoms with Crippen molar-refractivity contribution in [1.82, 2.24) is 5.32 Å². The van der Waals surface area contributed by atoms with Gasteiger partial charge in [-0.2, -0.15) is 0 Å². The minimum atomic E-state index is -0.760. The molecular formula is C17H27NO4. The molecule has 0 amide bonds. The number of aliphatic hydroxyl groups is 3. The highest BCUT2D eigenvalue weighted by molar-refractivity contribution is 5.43. The molecule has 1 aromatic carbocycles. The van der Waals surface area contributed by atoms with E-state index in [9.17, 15) is 15.3 Å². The predicted molar refractivity (Wildman–Crippen MR) is 85.1 cm³/mol. The number of nitrogens with one attached hydrogen (secondary N) is 1.